The van der Waals surface area contributed by atoms with Crippen LogP contribution in [0.25, 0.3) is 0 Å². The van der Waals surface area contributed by atoms with Crippen LogP contribution in [0.1, 0.15) is 4.11 Å². The summed E-state index contributed by atoms with van der Waals surface area (Å²) in [6.45, 7) is 0. The maximum absolute atomic E-state index is 7.00. The van der Waals surface area contributed by atoms with E-state index in [9.17, 15) is 0 Å². The van der Waals surface area contributed by atoms with Gasteiger partial charge in [-0.05, 0) is 12.1 Å². The van der Waals surface area contributed by atoms with E-state index in [0.29, 0.717) is 0 Å². The zero-order valence-electron chi connectivity index (χ0n) is 6.08. The quantitative estimate of drug-likeness (QED) is 0.476. The monoisotopic (exact) mass is 85.1 g/mol. The summed E-state index contributed by atoms with van der Waals surface area (Å²) >= 11 is 0. The summed E-state index contributed by atoms with van der Waals surface area (Å²) in [5.74, 6) is 0.0880. The summed E-state index contributed by atoms with van der Waals surface area (Å²) in [6.07, 6.45) is -0.0995. The van der Waals surface area contributed by atoms with Crippen molar-refractivity contribution in [2.24, 2.45) is 0 Å². The van der Waals surface area contributed by atoms with Gasteiger partial charge >= 0.3 is 0 Å². The van der Waals surface area contributed by atoms with E-state index in [1.807, 2.05) is 0 Å². The number of anilines is 1. The molecule has 1 rings (SSSR count). The van der Waals surface area contributed by atoms with E-state index in [4.69, 9.17) is 9.85 Å². The molecule has 0 amide bonds. The normalized spacial score (nSPS) is 15.7. The number of nitrogen functional groups attached to an aromatic ring is 1. The molecular formula is C4H6N2. The fourth-order valence-corrected chi connectivity index (χ4v) is 0.228. The lowest BCUT2D eigenvalue weighted by molar-refractivity contribution is 1.42. The summed E-state index contributed by atoms with van der Waals surface area (Å²) < 4.78 is 20.9. The fourth-order valence-electron chi connectivity index (χ4n) is 0.228. The second kappa shape index (κ2) is 1.05. The predicted octanol–water partition coefficient (Wildman–Crippen LogP) is 0.597. The van der Waals surface area contributed by atoms with Crippen LogP contribution in [0.15, 0.2) is 18.3 Å². The minimum Gasteiger partial charge on any atom is -0.385 e. The number of aromatic amines is 1. The van der Waals surface area contributed by atoms with Crippen molar-refractivity contribution in [3.8, 4) is 0 Å². The third kappa shape index (κ3) is 0.360. The first-order chi connectivity index (χ1) is 4.13. The summed E-state index contributed by atoms with van der Waals surface area (Å²) in [4.78, 5) is 2.34. The van der Waals surface area contributed by atoms with Gasteiger partial charge in [0.25, 0.3) is 0 Å². The molecule has 2 heteroatoms. The van der Waals surface area contributed by atoms with Gasteiger partial charge in [0, 0.05) is 6.17 Å². The van der Waals surface area contributed by atoms with Crippen LogP contribution in [0.4, 0.5) is 5.82 Å². The average molecular weight is 85.1 g/mol. The first-order valence-corrected chi connectivity index (χ1v) is 1.54. The highest BCUT2D eigenvalue weighted by atomic mass is 14.8. The summed E-state index contributed by atoms with van der Waals surface area (Å²) in [5.41, 5.74) is 5.16. The van der Waals surface area contributed by atoms with Crippen LogP contribution in [-0.2, 0) is 0 Å². The molecule has 0 aromatic carbocycles. The fraction of sp³-hybridized carbons (Fsp3) is 0. The van der Waals surface area contributed by atoms with Gasteiger partial charge in [0.15, 0.2) is 0 Å². The third-order valence-electron chi connectivity index (χ3n) is 0.457. The molecular weight excluding hydrogens is 76.1 g/mol. The zero-order chi connectivity index (χ0) is 7.02. The molecule has 0 aliphatic carbocycles. The van der Waals surface area contributed by atoms with Crippen molar-refractivity contribution in [3.63, 3.8) is 0 Å². The molecule has 1 aromatic rings. The van der Waals surface area contributed by atoms with Gasteiger partial charge in [-0.15, -0.1) is 0 Å². The van der Waals surface area contributed by atoms with Gasteiger partial charge in [0.05, 0.1) is 4.11 Å². The summed E-state index contributed by atoms with van der Waals surface area (Å²) in [7, 11) is 0. The van der Waals surface area contributed by atoms with Crippen LogP contribution in [0, 0.1) is 0 Å². The number of nitrogens with one attached hydrogen (secondary N) is 1. The van der Waals surface area contributed by atoms with Crippen molar-refractivity contribution >= 4 is 5.82 Å². The number of hydrogen-bond donors (Lipinski definition) is 2. The van der Waals surface area contributed by atoms with E-state index in [-0.39, 0.29) is 24.1 Å². The molecule has 1 aromatic heterocycles. The van der Waals surface area contributed by atoms with Gasteiger partial charge in [-0.2, -0.15) is 0 Å². The number of H-pyrrole nitrogens is 1. The van der Waals surface area contributed by atoms with Crippen molar-refractivity contribution in [2.45, 2.75) is 0 Å². The van der Waals surface area contributed by atoms with Crippen LogP contribution in [0.5, 0.6) is 0 Å². The Morgan fingerprint density at radius 2 is 2.83 bits per heavy atom. The molecule has 6 heavy (non-hydrogen) atoms. The van der Waals surface area contributed by atoms with Crippen LogP contribution < -0.4 is 5.73 Å². The number of rotatable bonds is 0. The molecule has 0 radical (unpaired) electrons. The number of nitrogens with two attached hydrogens (primary N) is 1. The minimum absolute atomic E-state index is 0.0880. The van der Waals surface area contributed by atoms with E-state index in [1.54, 1.807) is 0 Å². The van der Waals surface area contributed by atoms with Crippen molar-refractivity contribution < 1.29 is 4.11 Å². The molecule has 0 atom stereocenters. The predicted molar refractivity (Wildman–Crippen MR) is 25.2 cm³/mol. The van der Waals surface area contributed by atoms with E-state index in [1.165, 1.54) is 0 Å². The Labute approximate surface area is 40.2 Å². The molecule has 0 saturated heterocycles. The van der Waals surface area contributed by atoms with Gasteiger partial charge in [-0.25, -0.2) is 0 Å². The van der Waals surface area contributed by atoms with E-state index in [0.717, 1.165) is 0 Å². The number of aromatic nitrogens is 1. The maximum Gasteiger partial charge on any atom is 0.100 e. The smallest absolute Gasteiger partial charge is 0.100 e. The molecule has 0 spiro atoms. The number of hydrogen-bond acceptors (Lipinski definition) is 1. The maximum atomic E-state index is 7.00. The Kier molecular flexibility index (Phi) is 0.226. The van der Waals surface area contributed by atoms with Gasteiger partial charge in [-0.1, -0.05) is 0 Å². The first-order valence-electron chi connectivity index (χ1n) is 3.04. The van der Waals surface area contributed by atoms with Gasteiger partial charge in [-0.3, -0.25) is 0 Å². The molecule has 1 heterocycles. The highest BCUT2D eigenvalue weighted by Crippen LogP contribution is 1.90. The Bertz CT molecular complexity index is 207. The largest absolute Gasteiger partial charge is 0.385 e. The SMILES string of the molecule is [2H]c1[nH]c(N)c([2H])c1[2H]. The molecule has 0 fully saturated rings. The van der Waals surface area contributed by atoms with Crippen molar-refractivity contribution in [1.29, 1.82) is 0 Å². The summed E-state index contributed by atoms with van der Waals surface area (Å²) in [5, 5.41) is 0. The van der Waals surface area contributed by atoms with Crippen LogP contribution in [0.2, 0.25) is 0 Å². The lowest BCUT2D eigenvalue weighted by Gasteiger charge is -1.72. The molecule has 2 nitrogen and oxygen atoms in total. The van der Waals surface area contributed by atoms with Crippen molar-refractivity contribution in [1.82, 2.24) is 4.98 Å². The lowest BCUT2D eigenvalue weighted by Crippen LogP contribution is -1.79. The minimum atomic E-state index is -0.146. The third-order valence-corrected chi connectivity index (χ3v) is 0.457. The van der Waals surface area contributed by atoms with Gasteiger partial charge in [0.2, 0.25) is 0 Å². The Hall–Kier alpha value is -0.920. The Morgan fingerprint density at radius 3 is 3.00 bits per heavy atom. The van der Waals surface area contributed by atoms with Crippen molar-refractivity contribution in [2.75, 3.05) is 5.73 Å². The summed E-state index contributed by atoms with van der Waals surface area (Å²) in [6, 6.07) is -0.243. The lowest BCUT2D eigenvalue weighted by atomic mass is 10.6. The highest BCUT2D eigenvalue weighted by molar-refractivity contribution is 5.26. The van der Waals surface area contributed by atoms with Gasteiger partial charge < -0.3 is 10.7 Å². The molecule has 0 aliphatic heterocycles. The molecule has 0 bridgehead atoms. The first kappa shape index (κ1) is 1.30. The molecule has 0 saturated carbocycles. The van der Waals surface area contributed by atoms with Crippen LogP contribution in [-0.4, -0.2) is 4.98 Å². The van der Waals surface area contributed by atoms with E-state index < -0.39 is 0 Å². The second-order valence-electron chi connectivity index (χ2n) is 0.914. The average Bonchev–Trinajstić information content (AvgIpc) is 1.98. The standard InChI is InChI=1S/C4H6N2/c5-4-2-1-3-6-4/h1-3,6H,5H2/i1D,2D,3D. The highest BCUT2D eigenvalue weighted by Gasteiger charge is 1.72. The molecule has 0 unspecified atom stereocenters. The van der Waals surface area contributed by atoms with Crippen LogP contribution in [0.3, 0.4) is 0 Å². The molecule has 0 aliphatic rings. The Balaban J connectivity index is 3.29. The molecule has 32 valence electrons. The van der Waals surface area contributed by atoms with Crippen molar-refractivity contribution in [3.05, 3.63) is 18.3 Å². The Morgan fingerprint density at radius 1 is 2.00 bits per heavy atom. The van der Waals surface area contributed by atoms with E-state index in [2.05, 4.69) is 4.98 Å². The zero-order valence-corrected chi connectivity index (χ0v) is 3.08. The topological polar surface area (TPSA) is 41.8 Å². The second-order valence-corrected chi connectivity index (χ2v) is 0.914. The van der Waals surface area contributed by atoms with E-state index >= 15 is 0 Å². The van der Waals surface area contributed by atoms with Gasteiger partial charge in [0.1, 0.15) is 5.82 Å². The van der Waals surface area contributed by atoms with Crippen LogP contribution >= 0.6 is 0 Å². The molecule has 3 N–H and O–H groups in total.